The van der Waals surface area contributed by atoms with Crippen LogP contribution in [0, 0.1) is 6.92 Å². The molecule has 0 saturated heterocycles. The van der Waals surface area contributed by atoms with Crippen molar-refractivity contribution in [2.75, 3.05) is 7.11 Å². The van der Waals surface area contributed by atoms with E-state index >= 15 is 0 Å². The highest BCUT2D eigenvalue weighted by Crippen LogP contribution is 2.34. The molecule has 0 spiro atoms. The number of benzene rings is 1. The second-order valence-corrected chi connectivity index (χ2v) is 4.50. The number of carboxylic acid groups (broad SMARTS) is 1. The molecular formula is C14H17NO4. The molecule has 102 valence electrons. The molecule has 1 aromatic carbocycles. The molecule has 0 aliphatic rings. The Hall–Kier alpha value is -2.01. The number of methoxy groups -OCH3 is 1. The van der Waals surface area contributed by atoms with Crippen LogP contribution in [0.1, 0.15) is 30.2 Å². The topological polar surface area (TPSA) is 85.7 Å². The van der Waals surface area contributed by atoms with Gasteiger partial charge in [0, 0.05) is 17.8 Å². The fraction of sp³-hybridized carbons (Fsp3) is 0.357. The summed E-state index contributed by atoms with van der Waals surface area (Å²) in [5.41, 5.74) is 7.60. The number of fused-ring (bicyclic) bond motifs is 1. The maximum atomic E-state index is 10.6. The van der Waals surface area contributed by atoms with Gasteiger partial charge >= 0.3 is 5.97 Å². The van der Waals surface area contributed by atoms with Gasteiger partial charge in [0.2, 0.25) is 0 Å². The number of hydrogen-bond acceptors (Lipinski definition) is 4. The summed E-state index contributed by atoms with van der Waals surface area (Å²) < 4.78 is 10.9. The minimum absolute atomic E-state index is 0.0471. The Labute approximate surface area is 111 Å². The molecule has 3 N–H and O–H groups in total. The summed E-state index contributed by atoms with van der Waals surface area (Å²) >= 11 is 0. The molecule has 1 aromatic heterocycles. The van der Waals surface area contributed by atoms with Crippen molar-refractivity contribution >= 4 is 16.9 Å². The van der Waals surface area contributed by atoms with Crippen LogP contribution in [0.3, 0.4) is 0 Å². The van der Waals surface area contributed by atoms with Gasteiger partial charge in [0.15, 0.2) is 11.3 Å². The molecule has 1 unspecified atom stereocenters. The van der Waals surface area contributed by atoms with Crippen LogP contribution in [-0.4, -0.2) is 18.2 Å². The third-order valence-corrected chi connectivity index (χ3v) is 3.09. The van der Waals surface area contributed by atoms with Crippen LogP contribution in [0.25, 0.3) is 11.0 Å². The van der Waals surface area contributed by atoms with Gasteiger partial charge in [0.25, 0.3) is 0 Å². The fourth-order valence-electron chi connectivity index (χ4n) is 2.16. The lowest BCUT2D eigenvalue weighted by Crippen LogP contribution is -2.12. The van der Waals surface area contributed by atoms with Crippen molar-refractivity contribution in [3.8, 4) is 5.75 Å². The quantitative estimate of drug-likeness (QED) is 0.866. The first-order chi connectivity index (χ1) is 9.02. The average molecular weight is 263 g/mol. The summed E-state index contributed by atoms with van der Waals surface area (Å²) in [5, 5.41) is 9.60. The maximum absolute atomic E-state index is 10.6. The van der Waals surface area contributed by atoms with Crippen molar-refractivity contribution < 1.29 is 19.1 Å². The number of rotatable bonds is 5. The predicted octanol–water partition coefficient (Wildman–Crippen LogP) is 2.61. The van der Waals surface area contributed by atoms with E-state index in [0.29, 0.717) is 17.8 Å². The van der Waals surface area contributed by atoms with Gasteiger partial charge in [-0.05, 0) is 31.0 Å². The minimum atomic E-state index is -0.844. The first-order valence-electron chi connectivity index (χ1n) is 6.07. The Morgan fingerprint density at radius 2 is 2.26 bits per heavy atom. The van der Waals surface area contributed by atoms with Crippen molar-refractivity contribution in [3.63, 3.8) is 0 Å². The largest absolute Gasteiger partial charge is 0.493 e. The summed E-state index contributed by atoms with van der Waals surface area (Å²) in [6.45, 7) is 1.85. The summed E-state index contributed by atoms with van der Waals surface area (Å²) in [6.07, 6.45) is 0.437. The molecule has 19 heavy (non-hydrogen) atoms. The molecule has 0 amide bonds. The molecule has 0 fully saturated rings. The molecule has 2 aromatic rings. The first kappa shape index (κ1) is 13.4. The van der Waals surface area contributed by atoms with E-state index in [0.717, 1.165) is 16.7 Å². The number of carbonyl (C=O) groups is 1. The van der Waals surface area contributed by atoms with E-state index in [1.165, 1.54) is 0 Å². The van der Waals surface area contributed by atoms with Crippen LogP contribution < -0.4 is 10.5 Å². The molecule has 1 heterocycles. The molecule has 5 heteroatoms. The number of aliphatic carboxylic acids is 1. The van der Waals surface area contributed by atoms with Crippen LogP contribution >= 0.6 is 0 Å². The van der Waals surface area contributed by atoms with Crippen molar-refractivity contribution in [3.05, 3.63) is 29.5 Å². The highest BCUT2D eigenvalue weighted by molar-refractivity contribution is 5.87. The SMILES string of the molecule is COc1ccc(C(N)CCC(=O)O)c2cc(C)oc12. The molecule has 0 bridgehead atoms. The predicted molar refractivity (Wildman–Crippen MR) is 71.3 cm³/mol. The first-order valence-corrected chi connectivity index (χ1v) is 6.07. The zero-order chi connectivity index (χ0) is 14.0. The van der Waals surface area contributed by atoms with Gasteiger partial charge in [-0.25, -0.2) is 0 Å². The Bertz CT molecular complexity index is 603. The lowest BCUT2D eigenvalue weighted by molar-refractivity contribution is -0.137. The number of ether oxygens (including phenoxy) is 1. The summed E-state index contributed by atoms with van der Waals surface area (Å²) in [4.78, 5) is 10.6. The Morgan fingerprint density at radius 3 is 2.89 bits per heavy atom. The molecular weight excluding hydrogens is 246 g/mol. The minimum Gasteiger partial charge on any atom is -0.493 e. The van der Waals surface area contributed by atoms with Crippen LogP contribution in [0.2, 0.25) is 0 Å². The van der Waals surface area contributed by atoms with E-state index in [9.17, 15) is 4.79 Å². The summed E-state index contributed by atoms with van der Waals surface area (Å²) in [5.74, 6) is 0.576. The van der Waals surface area contributed by atoms with Crippen LogP contribution in [0.4, 0.5) is 0 Å². The summed E-state index contributed by atoms with van der Waals surface area (Å²) in [7, 11) is 1.58. The summed E-state index contributed by atoms with van der Waals surface area (Å²) in [6, 6.07) is 5.22. The van der Waals surface area contributed by atoms with Gasteiger partial charge in [-0.3, -0.25) is 4.79 Å². The lowest BCUT2D eigenvalue weighted by Gasteiger charge is -2.12. The van der Waals surface area contributed by atoms with Gasteiger partial charge < -0.3 is 20.0 Å². The van der Waals surface area contributed by atoms with Crippen LogP contribution in [0.5, 0.6) is 5.75 Å². The van der Waals surface area contributed by atoms with Crippen molar-refractivity contribution in [2.45, 2.75) is 25.8 Å². The third-order valence-electron chi connectivity index (χ3n) is 3.09. The average Bonchev–Trinajstić information content (AvgIpc) is 2.75. The molecule has 1 atom stereocenters. The highest BCUT2D eigenvalue weighted by atomic mass is 16.5. The smallest absolute Gasteiger partial charge is 0.303 e. The second-order valence-electron chi connectivity index (χ2n) is 4.50. The van der Waals surface area contributed by atoms with E-state index < -0.39 is 5.97 Å². The molecule has 2 rings (SSSR count). The van der Waals surface area contributed by atoms with Crippen LogP contribution in [0.15, 0.2) is 22.6 Å². The number of carboxylic acids is 1. The number of aryl methyl sites for hydroxylation is 1. The van der Waals surface area contributed by atoms with Crippen molar-refractivity contribution in [1.82, 2.24) is 0 Å². The molecule has 0 aliphatic carbocycles. The van der Waals surface area contributed by atoms with E-state index in [-0.39, 0.29) is 12.5 Å². The second kappa shape index (κ2) is 5.32. The van der Waals surface area contributed by atoms with Crippen molar-refractivity contribution in [2.24, 2.45) is 5.73 Å². The van der Waals surface area contributed by atoms with Gasteiger partial charge in [0.05, 0.1) is 7.11 Å². The van der Waals surface area contributed by atoms with Gasteiger partial charge in [-0.1, -0.05) is 6.07 Å². The van der Waals surface area contributed by atoms with E-state index in [2.05, 4.69) is 0 Å². The Morgan fingerprint density at radius 1 is 1.53 bits per heavy atom. The molecule has 0 saturated carbocycles. The zero-order valence-corrected chi connectivity index (χ0v) is 11.0. The monoisotopic (exact) mass is 263 g/mol. The highest BCUT2D eigenvalue weighted by Gasteiger charge is 2.16. The van der Waals surface area contributed by atoms with E-state index in [1.54, 1.807) is 13.2 Å². The Kier molecular flexibility index (Phi) is 3.76. The molecule has 5 nitrogen and oxygen atoms in total. The van der Waals surface area contributed by atoms with Gasteiger partial charge in [0.1, 0.15) is 5.76 Å². The lowest BCUT2D eigenvalue weighted by atomic mass is 9.99. The maximum Gasteiger partial charge on any atom is 0.303 e. The van der Waals surface area contributed by atoms with Gasteiger partial charge in [-0.15, -0.1) is 0 Å². The standard InChI is InChI=1S/C14H17NO4/c1-8-7-10-9(11(15)4-6-13(16)17)3-5-12(18-2)14(10)19-8/h3,5,7,11H,4,6,15H2,1-2H3,(H,16,17). The van der Waals surface area contributed by atoms with Crippen molar-refractivity contribution in [1.29, 1.82) is 0 Å². The molecule has 0 aliphatic heterocycles. The third kappa shape index (κ3) is 2.71. The van der Waals surface area contributed by atoms with Gasteiger partial charge in [-0.2, -0.15) is 0 Å². The van der Waals surface area contributed by atoms with E-state index in [1.807, 2.05) is 19.1 Å². The molecule has 0 radical (unpaired) electrons. The normalized spacial score (nSPS) is 12.6. The Balaban J connectivity index is 2.40. The number of hydrogen-bond donors (Lipinski definition) is 2. The number of nitrogens with two attached hydrogens (primary N) is 1. The van der Waals surface area contributed by atoms with Crippen LogP contribution in [-0.2, 0) is 4.79 Å². The number of furan rings is 1. The van der Waals surface area contributed by atoms with E-state index in [4.69, 9.17) is 20.0 Å². The zero-order valence-electron chi connectivity index (χ0n) is 11.0. The fourth-order valence-corrected chi connectivity index (χ4v) is 2.16.